The summed E-state index contributed by atoms with van der Waals surface area (Å²) in [5, 5.41) is 2.84. The molecule has 0 saturated heterocycles. The molecule has 0 radical (unpaired) electrons. The zero-order chi connectivity index (χ0) is 11.9. The van der Waals surface area contributed by atoms with Crippen molar-refractivity contribution in [3.8, 4) is 0 Å². The first-order valence-electron chi connectivity index (χ1n) is 5.26. The van der Waals surface area contributed by atoms with Crippen LogP contribution in [0.2, 0.25) is 0 Å². The number of amides is 1. The van der Waals surface area contributed by atoms with Crippen molar-refractivity contribution in [2.24, 2.45) is 5.41 Å². The molecule has 16 heavy (non-hydrogen) atoms. The van der Waals surface area contributed by atoms with Gasteiger partial charge in [-0.1, -0.05) is 19.9 Å². The lowest BCUT2D eigenvalue weighted by atomic mass is 10.1. The molecule has 1 atom stereocenters. The fraction of sp³-hybridized carbons (Fsp3) is 0.417. The molecule has 1 saturated carbocycles. The molecule has 3 N–H and O–H groups in total. The molecule has 1 fully saturated rings. The van der Waals surface area contributed by atoms with Crippen molar-refractivity contribution < 1.29 is 9.18 Å². The number of nitrogen functional groups attached to an aromatic ring is 1. The molecule has 4 heteroatoms. The van der Waals surface area contributed by atoms with E-state index in [4.69, 9.17) is 5.73 Å². The Balaban J connectivity index is 2.13. The van der Waals surface area contributed by atoms with Crippen molar-refractivity contribution in [2.45, 2.75) is 26.3 Å². The second kappa shape index (κ2) is 3.47. The fourth-order valence-electron chi connectivity index (χ4n) is 1.68. The van der Waals surface area contributed by atoms with Crippen LogP contribution in [0.5, 0.6) is 0 Å². The van der Waals surface area contributed by atoms with E-state index >= 15 is 0 Å². The lowest BCUT2D eigenvalue weighted by molar-refractivity contribution is 0.0947. The predicted molar refractivity (Wildman–Crippen MR) is 60.5 cm³/mol. The van der Waals surface area contributed by atoms with E-state index in [9.17, 15) is 9.18 Å². The summed E-state index contributed by atoms with van der Waals surface area (Å²) in [7, 11) is 0. The largest absolute Gasteiger partial charge is 0.396 e. The molecule has 0 aliphatic heterocycles. The van der Waals surface area contributed by atoms with E-state index < -0.39 is 5.82 Å². The van der Waals surface area contributed by atoms with E-state index in [-0.39, 0.29) is 28.6 Å². The third-order valence-electron chi connectivity index (χ3n) is 3.12. The maximum Gasteiger partial charge on any atom is 0.253 e. The number of carbonyl (C=O) groups excluding carboxylic acids is 1. The number of benzene rings is 1. The predicted octanol–water partition coefficient (Wildman–Crippen LogP) is 1.94. The lowest BCUT2D eigenvalue weighted by Crippen LogP contribution is -2.29. The van der Waals surface area contributed by atoms with Crippen molar-refractivity contribution in [2.75, 3.05) is 5.73 Å². The maximum atomic E-state index is 13.1. The molecule has 1 unspecified atom stereocenters. The first kappa shape index (κ1) is 10.9. The molecule has 1 aromatic carbocycles. The van der Waals surface area contributed by atoms with Crippen LogP contribution in [-0.2, 0) is 0 Å². The van der Waals surface area contributed by atoms with Gasteiger partial charge in [0.05, 0.1) is 11.3 Å². The number of rotatable bonds is 2. The second-order valence-electron chi connectivity index (χ2n) is 4.92. The summed E-state index contributed by atoms with van der Waals surface area (Å²) in [6.07, 6.45) is 0.952. The summed E-state index contributed by atoms with van der Waals surface area (Å²) in [4.78, 5) is 11.8. The molecule has 0 heterocycles. The highest BCUT2D eigenvalue weighted by atomic mass is 19.1. The molecule has 0 bridgehead atoms. The summed E-state index contributed by atoms with van der Waals surface area (Å²) in [5.41, 5.74) is 5.79. The third kappa shape index (κ3) is 1.87. The summed E-state index contributed by atoms with van der Waals surface area (Å²) in [6.45, 7) is 4.15. The Morgan fingerprint density at radius 1 is 1.56 bits per heavy atom. The number of carbonyl (C=O) groups is 1. The first-order chi connectivity index (χ1) is 7.42. The molecule has 1 aliphatic rings. The van der Waals surface area contributed by atoms with Gasteiger partial charge in [0.15, 0.2) is 0 Å². The number of hydrogen-bond acceptors (Lipinski definition) is 2. The number of nitrogens with one attached hydrogen (secondary N) is 1. The van der Waals surface area contributed by atoms with Gasteiger partial charge in [-0.15, -0.1) is 0 Å². The van der Waals surface area contributed by atoms with Crippen LogP contribution in [-0.4, -0.2) is 11.9 Å². The van der Waals surface area contributed by atoms with E-state index in [0.29, 0.717) is 0 Å². The van der Waals surface area contributed by atoms with Crippen LogP contribution in [0.15, 0.2) is 18.2 Å². The summed E-state index contributed by atoms with van der Waals surface area (Å²) in [5.74, 6) is -0.852. The summed E-state index contributed by atoms with van der Waals surface area (Å²) in [6, 6.07) is 4.43. The molecule has 3 nitrogen and oxygen atoms in total. The van der Waals surface area contributed by atoms with Crippen LogP contribution in [0.3, 0.4) is 0 Å². The number of anilines is 1. The van der Waals surface area contributed by atoms with E-state index in [1.165, 1.54) is 18.2 Å². The maximum absolute atomic E-state index is 13.1. The summed E-state index contributed by atoms with van der Waals surface area (Å²) < 4.78 is 13.1. The van der Waals surface area contributed by atoms with Crippen molar-refractivity contribution >= 4 is 11.6 Å². The fourth-order valence-corrected chi connectivity index (χ4v) is 1.68. The Morgan fingerprint density at radius 3 is 2.75 bits per heavy atom. The van der Waals surface area contributed by atoms with Gasteiger partial charge in [-0.25, -0.2) is 4.39 Å². The molecule has 0 aromatic heterocycles. The summed E-state index contributed by atoms with van der Waals surface area (Å²) >= 11 is 0. The molecule has 1 aliphatic carbocycles. The highest BCUT2D eigenvalue weighted by Gasteiger charge is 2.46. The topological polar surface area (TPSA) is 55.1 Å². The average Bonchev–Trinajstić information content (AvgIpc) is 2.78. The molecule has 0 spiro atoms. The van der Waals surface area contributed by atoms with Gasteiger partial charge < -0.3 is 11.1 Å². The average molecular weight is 222 g/mol. The van der Waals surface area contributed by atoms with Gasteiger partial charge in [0.2, 0.25) is 0 Å². The Kier molecular flexibility index (Phi) is 2.37. The van der Waals surface area contributed by atoms with Gasteiger partial charge in [-0.05, 0) is 24.0 Å². The van der Waals surface area contributed by atoms with Crippen LogP contribution < -0.4 is 11.1 Å². The van der Waals surface area contributed by atoms with E-state index in [0.717, 1.165) is 6.42 Å². The van der Waals surface area contributed by atoms with Crippen molar-refractivity contribution in [3.05, 3.63) is 29.6 Å². The van der Waals surface area contributed by atoms with E-state index in [1.54, 1.807) is 0 Å². The highest BCUT2D eigenvalue weighted by Crippen LogP contribution is 2.44. The van der Waals surface area contributed by atoms with E-state index in [1.807, 2.05) is 0 Å². The molecule has 2 rings (SSSR count). The molecular formula is C12H15FN2O. The normalized spacial score (nSPS) is 21.6. The Labute approximate surface area is 93.8 Å². The van der Waals surface area contributed by atoms with Crippen molar-refractivity contribution in [3.63, 3.8) is 0 Å². The van der Waals surface area contributed by atoms with Crippen LogP contribution in [0.1, 0.15) is 30.6 Å². The first-order valence-corrected chi connectivity index (χ1v) is 5.26. The van der Waals surface area contributed by atoms with Crippen LogP contribution in [0.25, 0.3) is 0 Å². The third-order valence-corrected chi connectivity index (χ3v) is 3.12. The quantitative estimate of drug-likeness (QED) is 0.751. The minimum absolute atomic E-state index is 0.0848. The molecule has 1 amide bonds. The van der Waals surface area contributed by atoms with Crippen LogP contribution in [0.4, 0.5) is 10.1 Å². The van der Waals surface area contributed by atoms with Gasteiger partial charge in [-0.2, -0.15) is 0 Å². The Morgan fingerprint density at radius 2 is 2.19 bits per heavy atom. The van der Waals surface area contributed by atoms with Crippen molar-refractivity contribution in [1.82, 2.24) is 5.32 Å². The molecule has 86 valence electrons. The monoisotopic (exact) mass is 222 g/mol. The highest BCUT2D eigenvalue weighted by molar-refractivity contribution is 5.99. The SMILES string of the molecule is CC1(C)CC1NC(=O)c1cccc(F)c1N. The molecular weight excluding hydrogens is 207 g/mol. The van der Waals surface area contributed by atoms with Gasteiger partial charge in [0, 0.05) is 6.04 Å². The van der Waals surface area contributed by atoms with Gasteiger partial charge >= 0.3 is 0 Å². The minimum atomic E-state index is -0.553. The Hall–Kier alpha value is -1.58. The standard InChI is InChI=1S/C12H15FN2O/c1-12(2)6-9(12)15-11(16)7-4-3-5-8(13)10(7)14/h3-5,9H,6,14H2,1-2H3,(H,15,16). The smallest absolute Gasteiger partial charge is 0.253 e. The lowest BCUT2D eigenvalue weighted by Gasteiger charge is -2.09. The molecule has 1 aromatic rings. The number of halogens is 1. The van der Waals surface area contributed by atoms with Crippen LogP contribution in [0, 0.1) is 11.2 Å². The van der Waals surface area contributed by atoms with Gasteiger partial charge in [-0.3, -0.25) is 4.79 Å². The second-order valence-corrected chi connectivity index (χ2v) is 4.92. The number of para-hydroxylation sites is 1. The van der Waals surface area contributed by atoms with Gasteiger partial charge in [0.25, 0.3) is 5.91 Å². The Bertz CT molecular complexity index is 443. The number of hydrogen-bond donors (Lipinski definition) is 2. The number of nitrogens with two attached hydrogens (primary N) is 1. The zero-order valence-corrected chi connectivity index (χ0v) is 9.38. The van der Waals surface area contributed by atoms with E-state index in [2.05, 4.69) is 19.2 Å². The zero-order valence-electron chi connectivity index (χ0n) is 9.38. The van der Waals surface area contributed by atoms with Crippen LogP contribution >= 0.6 is 0 Å². The van der Waals surface area contributed by atoms with Crippen molar-refractivity contribution in [1.29, 1.82) is 0 Å². The van der Waals surface area contributed by atoms with Gasteiger partial charge in [0.1, 0.15) is 5.82 Å². The minimum Gasteiger partial charge on any atom is -0.396 e.